The molecular weight excluding hydrogens is 603 g/mol. The van der Waals surface area contributed by atoms with Crippen LogP contribution in [-0.4, -0.2) is 9.13 Å². The van der Waals surface area contributed by atoms with Gasteiger partial charge in [-0.3, -0.25) is 0 Å². The van der Waals surface area contributed by atoms with Gasteiger partial charge in [0.1, 0.15) is 0 Å². The topological polar surface area (TPSA) is 9.86 Å². The molecule has 0 spiro atoms. The van der Waals surface area contributed by atoms with Gasteiger partial charge in [0, 0.05) is 55.7 Å². The van der Waals surface area contributed by atoms with Crippen LogP contribution in [0.1, 0.15) is 142 Å². The molecule has 0 bridgehead atoms. The summed E-state index contributed by atoms with van der Waals surface area (Å²) in [6, 6.07) is 17.8. The molecule has 2 heterocycles. The van der Waals surface area contributed by atoms with Crippen LogP contribution in [0.4, 0.5) is 0 Å². The lowest BCUT2D eigenvalue weighted by molar-refractivity contribution is 0.541. The van der Waals surface area contributed by atoms with Gasteiger partial charge in [-0.05, 0) is 49.2 Å². The Morgan fingerprint density at radius 1 is 0.370 bits per heavy atom. The predicted molar refractivity (Wildman–Crippen MR) is 206 cm³/mol. The molecule has 0 aliphatic rings. The second-order valence-electron chi connectivity index (χ2n) is 13.9. The Morgan fingerprint density at radius 2 is 0.674 bits per heavy atom. The van der Waals surface area contributed by atoms with Crippen molar-refractivity contribution in [2.24, 2.45) is 0 Å². The van der Waals surface area contributed by atoms with Gasteiger partial charge in [-0.2, -0.15) is 0 Å². The molecule has 5 rings (SSSR count). The molecule has 46 heavy (non-hydrogen) atoms. The molecule has 2 nitrogen and oxygen atoms in total. The van der Waals surface area contributed by atoms with Gasteiger partial charge in [0.2, 0.25) is 0 Å². The van der Waals surface area contributed by atoms with Crippen molar-refractivity contribution in [3.05, 3.63) is 58.6 Å². The van der Waals surface area contributed by atoms with Crippen molar-refractivity contribution in [1.82, 2.24) is 9.13 Å². The maximum Gasteiger partial charge on any atom is 0.0506 e. The van der Waals surface area contributed by atoms with Gasteiger partial charge in [-0.25, -0.2) is 0 Å². The van der Waals surface area contributed by atoms with Crippen molar-refractivity contribution >= 4 is 66.8 Å². The van der Waals surface area contributed by atoms with Crippen molar-refractivity contribution in [2.45, 2.75) is 155 Å². The van der Waals surface area contributed by atoms with E-state index in [9.17, 15) is 0 Å². The summed E-state index contributed by atoms with van der Waals surface area (Å²) in [6.07, 6.45) is 27.0. The number of halogens is 2. The lowest BCUT2D eigenvalue weighted by Gasteiger charge is -2.09. The van der Waals surface area contributed by atoms with Crippen molar-refractivity contribution in [1.29, 1.82) is 0 Å². The molecule has 0 amide bonds. The number of rotatable bonds is 22. The van der Waals surface area contributed by atoms with Gasteiger partial charge >= 0.3 is 0 Å². The molecule has 2 aromatic heterocycles. The van der Waals surface area contributed by atoms with E-state index in [1.165, 1.54) is 172 Å². The third-order valence-electron chi connectivity index (χ3n) is 10.2. The van der Waals surface area contributed by atoms with Gasteiger partial charge in [0.25, 0.3) is 0 Å². The van der Waals surface area contributed by atoms with Crippen molar-refractivity contribution in [3.8, 4) is 0 Å². The SMILES string of the molecule is CCCCCCCCCCCCn1c2cc(Cl)ccc2c2cc3c(cc21)c1ccc(Cl)cc1n3CCCCCCCCCCCC. The van der Waals surface area contributed by atoms with Gasteiger partial charge in [0.05, 0.1) is 11.0 Å². The van der Waals surface area contributed by atoms with Crippen LogP contribution in [0.3, 0.4) is 0 Å². The van der Waals surface area contributed by atoms with E-state index >= 15 is 0 Å². The number of aryl methyl sites for hydroxylation is 2. The fourth-order valence-corrected chi connectivity index (χ4v) is 7.96. The summed E-state index contributed by atoms with van der Waals surface area (Å²) in [7, 11) is 0. The van der Waals surface area contributed by atoms with E-state index in [2.05, 4.69) is 71.5 Å². The Balaban J connectivity index is 1.32. The zero-order chi connectivity index (χ0) is 32.1. The number of aromatic nitrogens is 2. The lowest BCUT2D eigenvalue weighted by atomic mass is 10.1. The number of hydrogen-bond acceptors (Lipinski definition) is 0. The van der Waals surface area contributed by atoms with Crippen LogP contribution >= 0.6 is 23.2 Å². The standard InChI is InChI=1S/C42H58Cl2N2/c1-3-5-7-9-11-13-15-17-19-21-27-45-39-29-33(43)23-25-35(39)37-32-42-38(31-41(37)45)36-26-24-34(44)30-40(36)46(42)28-22-20-18-16-14-12-10-8-6-4-2/h23-26,29-32H,3-22,27-28H2,1-2H3. The molecule has 0 fully saturated rings. The van der Waals surface area contributed by atoms with Crippen molar-refractivity contribution < 1.29 is 0 Å². The smallest absolute Gasteiger partial charge is 0.0506 e. The number of nitrogens with zero attached hydrogens (tertiary/aromatic N) is 2. The number of benzene rings is 3. The Labute approximate surface area is 288 Å². The maximum atomic E-state index is 6.58. The second kappa shape index (κ2) is 18.4. The first kappa shape index (κ1) is 35.2. The monoisotopic (exact) mass is 660 g/mol. The minimum atomic E-state index is 0.815. The molecule has 0 N–H and O–H groups in total. The highest BCUT2D eigenvalue weighted by Crippen LogP contribution is 2.38. The lowest BCUT2D eigenvalue weighted by Crippen LogP contribution is -1.99. The largest absolute Gasteiger partial charge is 0.340 e. The molecule has 0 radical (unpaired) electrons. The molecule has 0 atom stereocenters. The Morgan fingerprint density at radius 3 is 1.02 bits per heavy atom. The third-order valence-corrected chi connectivity index (χ3v) is 10.7. The van der Waals surface area contributed by atoms with Crippen LogP contribution in [0.2, 0.25) is 10.0 Å². The van der Waals surface area contributed by atoms with Gasteiger partial charge in [-0.1, -0.05) is 165 Å². The summed E-state index contributed by atoms with van der Waals surface area (Å²) in [5, 5.41) is 6.92. The average Bonchev–Trinajstić information content (AvgIpc) is 3.51. The minimum absolute atomic E-state index is 0.815. The van der Waals surface area contributed by atoms with E-state index in [0.717, 1.165) is 23.1 Å². The van der Waals surface area contributed by atoms with Crippen LogP contribution in [-0.2, 0) is 13.1 Å². The summed E-state index contributed by atoms with van der Waals surface area (Å²) in [5.74, 6) is 0. The van der Waals surface area contributed by atoms with Crippen LogP contribution < -0.4 is 0 Å². The van der Waals surface area contributed by atoms with E-state index < -0.39 is 0 Å². The first-order valence-corrected chi connectivity index (χ1v) is 19.7. The fourth-order valence-electron chi connectivity index (χ4n) is 7.62. The van der Waals surface area contributed by atoms with Gasteiger partial charge in [-0.15, -0.1) is 0 Å². The predicted octanol–water partition coefficient (Wildman–Crippen LogP) is 15.1. The fraction of sp³-hybridized carbons (Fsp3) is 0.571. The molecule has 0 aliphatic heterocycles. The molecule has 250 valence electrons. The normalized spacial score (nSPS) is 12.1. The Bertz CT molecular complexity index is 1540. The molecule has 0 aliphatic carbocycles. The zero-order valence-electron chi connectivity index (χ0n) is 28.8. The van der Waals surface area contributed by atoms with Gasteiger partial charge < -0.3 is 9.13 Å². The first-order chi connectivity index (χ1) is 22.6. The molecule has 0 saturated carbocycles. The molecule has 3 aromatic carbocycles. The first-order valence-electron chi connectivity index (χ1n) is 18.9. The summed E-state index contributed by atoms with van der Waals surface area (Å²) >= 11 is 13.2. The van der Waals surface area contributed by atoms with Gasteiger partial charge in [0.15, 0.2) is 0 Å². The maximum absolute atomic E-state index is 6.58. The zero-order valence-corrected chi connectivity index (χ0v) is 30.3. The molecule has 0 unspecified atom stereocenters. The van der Waals surface area contributed by atoms with Crippen LogP contribution in [0.5, 0.6) is 0 Å². The second-order valence-corrected chi connectivity index (χ2v) is 14.7. The Hall–Kier alpha value is -2.16. The number of hydrogen-bond donors (Lipinski definition) is 0. The van der Waals surface area contributed by atoms with Crippen molar-refractivity contribution in [3.63, 3.8) is 0 Å². The van der Waals surface area contributed by atoms with E-state index in [4.69, 9.17) is 23.2 Å². The van der Waals surface area contributed by atoms with Crippen molar-refractivity contribution in [2.75, 3.05) is 0 Å². The summed E-state index contributed by atoms with van der Waals surface area (Å²) in [6.45, 7) is 6.65. The highest BCUT2D eigenvalue weighted by Gasteiger charge is 2.17. The highest BCUT2D eigenvalue weighted by molar-refractivity contribution is 6.32. The van der Waals surface area contributed by atoms with E-state index in [1.54, 1.807) is 0 Å². The molecular formula is C42H58Cl2N2. The van der Waals surface area contributed by atoms with E-state index in [-0.39, 0.29) is 0 Å². The van der Waals surface area contributed by atoms with E-state index in [0.29, 0.717) is 0 Å². The van der Waals surface area contributed by atoms with E-state index in [1.807, 2.05) is 0 Å². The quantitative estimate of drug-likeness (QED) is 0.0653. The minimum Gasteiger partial charge on any atom is -0.340 e. The molecule has 5 aromatic rings. The van der Waals surface area contributed by atoms with Crippen LogP contribution in [0.15, 0.2) is 48.5 Å². The highest BCUT2D eigenvalue weighted by atomic mass is 35.5. The summed E-state index contributed by atoms with van der Waals surface area (Å²) < 4.78 is 5.09. The number of unbranched alkanes of at least 4 members (excludes halogenated alkanes) is 18. The van der Waals surface area contributed by atoms with Crippen LogP contribution in [0.25, 0.3) is 43.6 Å². The summed E-state index contributed by atoms with van der Waals surface area (Å²) in [5.41, 5.74) is 5.18. The number of fused-ring (bicyclic) bond motifs is 6. The average molecular weight is 662 g/mol. The molecule has 0 saturated heterocycles. The Kier molecular flexibility index (Phi) is 14.1. The summed E-state index contributed by atoms with van der Waals surface area (Å²) in [4.78, 5) is 0. The molecule has 4 heteroatoms. The van der Waals surface area contributed by atoms with Crippen LogP contribution in [0, 0.1) is 0 Å². The third kappa shape index (κ3) is 9.04.